The Morgan fingerprint density at radius 2 is 1.84 bits per heavy atom. The number of rotatable bonds is 8. The number of unbranched alkanes of at least 4 members (excludes halogenated alkanes) is 3. The minimum atomic E-state index is -0.433. The van der Waals surface area contributed by atoms with E-state index in [0.29, 0.717) is 11.3 Å². The lowest BCUT2D eigenvalue weighted by atomic mass is 10.0. The van der Waals surface area contributed by atoms with Crippen molar-refractivity contribution in [3.05, 3.63) is 65.6 Å². The van der Waals surface area contributed by atoms with E-state index >= 15 is 0 Å². The van der Waals surface area contributed by atoms with Gasteiger partial charge in [0, 0.05) is 11.6 Å². The van der Waals surface area contributed by atoms with E-state index in [1.165, 1.54) is 43.2 Å². The molecule has 0 aliphatic heterocycles. The van der Waals surface area contributed by atoms with Crippen molar-refractivity contribution in [2.75, 3.05) is 0 Å². The molecule has 1 heterocycles. The second-order valence-electron chi connectivity index (χ2n) is 5.80. The van der Waals surface area contributed by atoms with Crippen LogP contribution in [0.2, 0.25) is 0 Å². The fourth-order valence-corrected chi connectivity index (χ4v) is 2.35. The molecule has 0 spiro atoms. The number of furan rings is 1. The van der Waals surface area contributed by atoms with Gasteiger partial charge >= 0.3 is 0 Å². The zero-order valence-corrected chi connectivity index (χ0v) is 14.5. The summed E-state index contributed by atoms with van der Waals surface area (Å²) in [6.45, 7) is 2.19. The summed E-state index contributed by atoms with van der Waals surface area (Å²) in [5.74, 6) is -0.217. The van der Waals surface area contributed by atoms with E-state index in [4.69, 9.17) is 4.42 Å². The number of carbonyl (C=O) groups is 2. The summed E-state index contributed by atoms with van der Waals surface area (Å²) in [5, 5.41) is 0. The van der Waals surface area contributed by atoms with Gasteiger partial charge in [-0.1, -0.05) is 38.3 Å². The van der Waals surface area contributed by atoms with E-state index in [1.54, 1.807) is 24.3 Å². The molecule has 132 valence electrons. The molecular weight excluding hydrogens is 316 g/mol. The number of hydrogen-bond donors (Lipinski definition) is 2. The van der Waals surface area contributed by atoms with Gasteiger partial charge in [-0.25, -0.2) is 0 Å². The Morgan fingerprint density at radius 3 is 2.52 bits per heavy atom. The van der Waals surface area contributed by atoms with Gasteiger partial charge in [0.1, 0.15) is 5.76 Å². The van der Waals surface area contributed by atoms with E-state index in [9.17, 15) is 9.59 Å². The van der Waals surface area contributed by atoms with E-state index in [0.717, 1.165) is 12.8 Å². The summed E-state index contributed by atoms with van der Waals surface area (Å²) < 4.78 is 5.08. The predicted molar refractivity (Wildman–Crippen MR) is 97.6 cm³/mol. The summed E-state index contributed by atoms with van der Waals surface area (Å²) in [7, 11) is 0. The first-order chi connectivity index (χ1) is 12.2. The maximum atomic E-state index is 12.0. The quantitative estimate of drug-likeness (QED) is 0.435. The summed E-state index contributed by atoms with van der Waals surface area (Å²) in [5.41, 5.74) is 6.45. The minimum absolute atomic E-state index is 0.350. The van der Waals surface area contributed by atoms with Crippen LogP contribution in [0.15, 0.2) is 53.2 Å². The van der Waals surface area contributed by atoms with Crippen LogP contribution in [0.5, 0.6) is 0 Å². The Morgan fingerprint density at radius 1 is 1.04 bits per heavy atom. The van der Waals surface area contributed by atoms with Crippen LogP contribution in [0.3, 0.4) is 0 Å². The van der Waals surface area contributed by atoms with Crippen molar-refractivity contribution >= 4 is 17.9 Å². The van der Waals surface area contributed by atoms with Crippen molar-refractivity contribution in [1.29, 1.82) is 0 Å². The third kappa shape index (κ3) is 6.67. The third-order valence-corrected chi connectivity index (χ3v) is 3.78. The molecule has 25 heavy (non-hydrogen) atoms. The van der Waals surface area contributed by atoms with Crippen molar-refractivity contribution in [3.8, 4) is 0 Å². The first-order valence-electron chi connectivity index (χ1n) is 8.60. The summed E-state index contributed by atoms with van der Waals surface area (Å²) in [4.78, 5) is 23.7. The molecule has 1 aromatic heterocycles. The Balaban J connectivity index is 1.75. The van der Waals surface area contributed by atoms with Crippen LogP contribution in [-0.4, -0.2) is 11.8 Å². The van der Waals surface area contributed by atoms with Gasteiger partial charge in [-0.05, 0) is 48.7 Å². The maximum absolute atomic E-state index is 12.0. The van der Waals surface area contributed by atoms with Gasteiger partial charge in [0.15, 0.2) is 0 Å². The van der Waals surface area contributed by atoms with E-state index < -0.39 is 5.91 Å². The molecule has 0 saturated carbocycles. The van der Waals surface area contributed by atoms with E-state index in [2.05, 4.69) is 17.8 Å². The van der Waals surface area contributed by atoms with Crippen LogP contribution in [0.4, 0.5) is 0 Å². The van der Waals surface area contributed by atoms with Gasteiger partial charge in [0.2, 0.25) is 0 Å². The first kappa shape index (κ1) is 18.5. The van der Waals surface area contributed by atoms with Crippen LogP contribution < -0.4 is 10.9 Å². The maximum Gasteiger partial charge on any atom is 0.269 e. The van der Waals surface area contributed by atoms with Crippen LogP contribution >= 0.6 is 0 Å². The number of aryl methyl sites for hydroxylation is 1. The molecule has 0 radical (unpaired) electrons. The SMILES string of the molecule is CCCCCCc1ccc(C(=O)NNC(=O)C=Cc2ccco2)cc1. The number of nitrogens with one attached hydrogen (secondary N) is 2. The standard InChI is InChI=1S/C20H24N2O3/c1-2-3-4-5-7-16-9-11-17(12-10-16)20(24)22-21-19(23)14-13-18-8-6-15-25-18/h6,8-15H,2-5,7H2,1H3,(H,21,23)(H,22,24). The van der Waals surface area contributed by atoms with Crippen LogP contribution in [-0.2, 0) is 11.2 Å². The average molecular weight is 340 g/mol. The average Bonchev–Trinajstić information content (AvgIpc) is 3.15. The zero-order chi connectivity index (χ0) is 17.9. The van der Waals surface area contributed by atoms with Crippen molar-refractivity contribution in [2.24, 2.45) is 0 Å². The highest BCUT2D eigenvalue weighted by Gasteiger charge is 2.06. The molecule has 2 N–H and O–H groups in total. The molecule has 5 heteroatoms. The lowest BCUT2D eigenvalue weighted by Crippen LogP contribution is -2.40. The highest BCUT2D eigenvalue weighted by atomic mass is 16.3. The van der Waals surface area contributed by atoms with Gasteiger partial charge < -0.3 is 4.42 Å². The number of hydrogen-bond acceptors (Lipinski definition) is 3. The molecule has 2 rings (SSSR count). The van der Waals surface area contributed by atoms with Gasteiger partial charge in [-0.2, -0.15) is 0 Å². The molecule has 0 bridgehead atoms. The molecule has 0 atom stereocenters. The van der Waals surface area contributed by atoms with E-state index in [1.807, 2.05) is 12.1 Å². The van der Waals surface area contributed by atoms with Crippen LogP contribution in [0.25, 0.3) is 6.08 Å². The molecule has 1 aromatic carbocycles. The topological polar surface area (TPSA) is 71.3 Å². The minimum Gasteiger partial charge on any atom is -0.465 e. The molecule has 5 nitrogen and oxygen atoms in total. The summed E-state index contributed by atoms with van der Waals surface area (Å²) in [6.07, 6.45) is 10.2. The monoisotopic (exact) mass is 340 g/mol. The smallest absolute Gasteiger partial charge is 0.269 e. The fraction of sp³-hybridized carbons (Fsp3) is 0.300. The molecular formula is C20H24N2O3. The van der Waals surface area contributed by atoms with Crippen molar-refractivity contribution in [1.82, 2.24) is 10.9 Å². The highest BCUT2D eigenvalue weighted by Crippen LogP contribution is 2.09. The second-order valence-corrected chi connectivity index (χ2v) is 5.80. The number of carbonyl (C=O) groups excluding carboxylic acids is 2. The third-order valence-electron chi connectivity index (χ3n) is 3.78. The first-order valence-corrected chi connectivity index (χ1v) is 8.60. The Kier molecular flexibility index (Phi) is 7.50. The van der Waals surface area contributed by atoms with Gasteiger partial charge in [0.05, 0.1) is 6.26 Å². The molecule has 0 saturated heterocycles. The molecule has 2 amide bonds. The van der Waals surface area contributed by atoms with Crippen molar-refractivity contribution in [3.63, 3.8) is 0 Å². The largest absolute Gasteiger partial charge is 0.465 e. The Labute approximate surface area is 148 Å². The molecule has 2 aromatic rings. The van der Waals surface area contributed by atoms with E-state index in [-0.39, 0.29) is 5.91 Å². The number of benzene rings is 1. The lowest BCUT2D eigenvalue weighted by Gasteiger charge is -2.06. The molecule has 0 fully saturated rings. The fourth-order valence-electron chi connectivity index (χ4n) is 2.35. The van der Waals surface area contributed by atoms with Crippen LogP contribution in [0.1, 0.15) is 54.3 Å². The summed E-state index contributed by atoms with van der Waals surface area (Å²) in [6, 6.07) is 10.9. The van der Waals surface area contributed by atoms with Gasteiger partial charge in [0.25, 0.3) is 11.8 Å². The van der Waals surface area contributed by atoms with Crippen molar-refractivity contribution < 1.29 is 14.0 Å². The normalized spacial score (nSPS) is 10.8. The van der Waals surface area contributed by atoms with Crippen molar-refractivity contribution in [2.45, 2.75) is 39.0 Å². The highest BCUT2D eigenvalue weighted by molar-refractivity contribution is 5.97. The number of amides is 2. The van der Waals surface area contributed by atoms with Gasteiger partial charge in [-0.3, -0.25) is 20.4 Å². The van der Waals surface area contributed by atoms with Gasteiger partial charge in [-0.15, -0.1) is 0 Å². The Hall–Kier alpha value is -2.82. The second kappa shape index (κ2) is 10.1. The zero-order valence-electron chi connectivity index (χ0n) is 14.5. The lowest BCUT2D eigenvalue weighted by molar-refractivity contribution is -0.117. The predicted octanol–water partition coefficient (Wildman–Crippen LogP) is 3.88. The Bertz CT molecular complexity index is 688. The molecule has 0 aliphatic carbocycles. The van der Waals surface area contributed by atoms with Crippen LogP contribution in [0, 0.1) is 0 Å². The summed E-state index contributed by atoms with van der Waals surface area (Å²) >= 11 is 0. The number of hydrazine groups is 1. The molecule has 0 aliphatic rings. The molecule has 0 unspecified atom stereocenters.